The molecule has 0 aliphatic rings. The number of halogens is 1. The Bertz CT molecular complexity index is 638. The predicted molar refractivity (Wildman–Crippen MR) is 86.8 cm³/mol. The minimum atomic E-state index is -0.0634. The normalized spacial score (nSPS) is 11.3. The summed E-state index contributed by atoms with van der Waals surface area (Å²) in [5, 5.41) is 4.52. The number of rotatable bonds is 4. The third-order valence-electron chi connectivity index (χ3n) is 2.60. The highest BCUT2D eigenvalue weighted by Gasteiger charge is 2.17. The van der Waals surface area contributed by atoms with Crippen molar-refractivity contribution in [2.45, 2.75) is 26.3 Å². The molecule has 0 amide bonds. The highest BCUT2D eigenvalue weighted by atomic mass is 35.5. The standard InChI is InChI=1S/C14H18ClN3O2S/c1-14(2,3)17-13-16-12(18-21-13)8-6-9(15)11(20-5)10(7-8)19-4/h6-7H,1-5H3,(H,16,17,18). The van der Waals surface area contributed by atoms with Gasteiger partial charge in [0.2, 0.25) is 5.13 Å². The van der Waals surface area contributed by atoms with Crippen LogP contribution in [0.3, 0.4) is 0 Å². The topological polar surface area (TPSA) is 56.3 Å². The SMILES string of the molecule is COc1cc(-c2nsc(NC(C)(C)C)n2)cc(Cl)c1OC. The molecule has 21 heavy (non-hydrogen) atoms. The van der Waals surface area contributed by atoms with E-state index in [0.29, 0.717) is 22.3 Å². The maximum Gasteiger partial charge on any atom is 0.203 e. The van der Waals surface area contributed by atoms with Crippen molar-refractivity contribution in [3.63, 3.8) is 0 Å². The largest absolute Gasteiger partial charge is 0.493 e. The number of nitrogens with zero attached hydrogens (tertiary/aromatic N) is 2. The first-order valence-corrected chi connectivity index (χ1v) is 7.53. The molecule has 0 spiro atoms. The quantitative estimate of drug-likeness (QED) is 0.916. The van der Waals surface area contributed by atoms with E-state index in [4.69, 9.17) is 21.1 Å². The molecule has 7 heteroatoms. The predicted octanol–water partition coefficient (Wildman–Crippen LogP) is 4.09. The van der Waals surface area contributed by atoms with Crippen LogP contribution in [0.1, 0.15) is 20.8 Å². The molecule has 0 atom stereocenters. The molecular formula is C14H18ClN3O2S. The van der Waals surface area contributed by atoms with E-state index in [9.17, 15) is 0 Å². The van der Waals surface area contributed by atoms with E-state index in [1.165, 1.54) is 11.5 Å². The van der Waals surface area contributed by atoms with Crippen molar-refractivity contribution in [1.82, 2.24) is 9.36 Å². The summed E-state index contributed by atoms with van der Waals surface area (Å²) in [6.07, 6.45) is 0. The Kier molecular flexibility index (Phi) is 4.58. The van der Waals surface area contributed by atoms with Gasteiger partial charge in [0, 0.05) is 22.6 Å². The molecule has 1 N–H and O–H groups in total. The molecule has 0 aliphatic carbocycles. The minimum Gasteiger partial charge on any atom is -0.493 e. The highest BCUT2D eigenvalue weighted by molar-refractivity contribution is 7.09. The van der Waals surface area contributed by atoms with Gasteiger partial charge in [0.05, 0.1) is 19.2 Å². The first-order chi connectivity index (χ1) is 9.84. The van der Waals surface area contributed by atoms with Crippen LogP contribution in [-0.2, 0) is 0 Å². The summed E-state index contributed by atoms with van der Waals surface area (Å²) in [5.74, 6) is 1.67. The van der Waals surface area contributed by atoms with Gasteiger partial charge in [-0.15, -0.1) is 0 Å². The van der Waals surface area contributed by atoms with Crippen LogP contribution in [0.5, 0.6) is 11.5 Å². The van der Waals surface area contributed by atoms with Crippen molar-refractivity contribution in [3.8, 4) is 22.9 Å². The van der Waals surface area contributed by atoms with E-state index in [0.717, 1.165) is 10.7 Å². The Hall–Kier alpha value is -1.53. The lowest BCUT2D eigenvalue weighted by Crippen LogP contribution is -2.25. The monoisotopic (exact) mass is 327 g/mol. The van der Waals surface area contributed by atoms with E-state index in [-0.39, 0.29) is 5.54 Å². The molecule has 5 nitrogen and oxygen atoms in total. The summed E-state index contributed by atoms with van der Waals surface area (Å²) in [5.41, 5.74) is 0.724. The van der Waals surface area contributed by atoms with E-state index in [1.807, 2.05) is 6.07 Å². The molecular weight excluding hydrogens is 310 g/mol. The number of aromatic nitrogens is 2. The number of hydrogen-bond donors (Lipinski definition) is 1. The fourth-order valence-electron chi connectivity index (χ4n) is 1.76. The van der Waals surface area contributed by atoms with Crippen LogP contribution in [0, 0.1) is 0 Å². The summed E-state index contributed by atoms with van der Waals surface area (Å²) in [4.78, 5) is 4.48. The lowest BCUT2D eigenvalue weighted by Gasteiger charge is -2.18. The van der Waals surface area contributed by atoms with Crippen molar-refractivity contribution < 1.29 is 9.47 Å². The van der Waals surface area contributed by atoms with Crippen LogP contribution in [0.25, 0.3) is 11.4 Å². The number of nitrogens with one attached hydrogen (secondary N) is 1. The van der Waals surface area contributed by atoms with E-state index in [2.05, 4.69) is 35.4 Å². The molecule has 0 radical (unpaired) electrons. The second-order valence-electron chi connectivity index (χ2n) is 5.49. The number of benzene rings is 1. The summed E-state index contributed by atoms with van der Waals surface area (Å²) in [6.45, 7) is 6.21. The zero-order chi connectivity index (χ0) is 15.6. The lowest BCUT2D eigenvalue weighted by molar-refractivity contribution is 0.355. The Labute approximate surface area is 133 Å². The number of hydrogen-bond acceptors (Lipinski definition) is 6. The number of methoxy groups -OCH3 is 2. The van der Waals surface area contributed by atoms with Gasteiger partial charge in [0.15, 0.2) is 17.3 Å². The first kappa shape index (κ1) is 15.9. The molecule has 114 valence electrons. The molecule has 2 rings (SSSR count). The fraction of sp³-hybridized carbons (Fsp3) is 0.429. The molecule has 1 heterocycles. The zero-order valence-corrected chi connectivity index (χ0v) is 14.2. The maximum absolute atomic E-state index is 6.20. The van der Waals surface area contributed by atoms with Gasteiger partial charge in [-0.25, -0.2) is 0 Å². The molecule has 1 aromatic carbocycles. The Morgan fingerprint density at radius 3 is 2.48 bits per heavy atom. The number of anilines is 1. The van der Waals surface area contributed by atoms with Crippen LogP contribution in [0.2, 0.25) is 5.02 Å². The molecule has 0 saturated carbocycles. The molecule has 1 aromatic heterocycles. The van der Waals surface area contributed by atoms with Gasteiger partial charge in [-0.3, -0.25) is 0 Å². The van der Waals surface area contributed by atoms with Crippen LogP contribution in [0.4, 0.5) is 5.13 Å². The van der Waals surface area contributed by atoms with Crippen molar-refractivity contribution in [3.05, 3.63) is 17.2 Å². The van der Waals surface area contributed by atoms with Crippen LogP contribution in [-0.4, -0.2) is 29.1 Å². The summed E-state index contributed by atoms with van der Waals surface area (Å²) < 4.78 is 14.9. The fourth-order valence-corrected chi connectivity index (χ4v) is 2.85. The summed E-state index contributed by atoms with van der Waals surface area (Å²) >= 11 is 7.52. The molecule has 0 bridgehead atoms. The molecule has 0 aliphatic heterocycles. The van der Waals surface area contributed by atoms with Gasteiger partial charge >= 0.3 is 0 Å². The third-order valence-corrected chi connectivity index (χ3v) is 3.51. The average Bonchev–Trinajstić information content (AvgIpc) is 2.83. The zero-order valence-electron chi connectivity index (χ0n) is 12.7. The van der Waals surface area contributed by atoms with Crippen molar-refractivity contribution in [1.29, 1.82) is 0 Å². The molecule has 0 saturated heterocycles. The van der Waals surface area contributed by atoms with Crippen molar-refractivity contribution >= 4 is 28.3 Å². The van der Waals surface area contributed by atoms with Gasteiger partial charge in [-0.05, 0) is 32.9 Å². The van der Waals surface area contributed by atoms with Gasteiger partial charge in [0.25, 0.3) is 0 Å². The maximum atomic E-state index is 6.20. The van der Waals surface area contributed by atoms with Crippen molar-refractivity contribution in [2.24, 2.45) is 0 Å². The van der Waals surface area contributed by atoms with Crippen LogP contribution in [0.15, 0.2) is 12.1 Å². The Morgan fingerprint density at radius 2 is 1.90 bits per heavy atom. The lowest BCUT2D eigenvalue weighted by atomic mass is 10.1. The average molecular weight is 328 g/mol. The smallest absolute Gasteiger partial charge is 0.203 e. The van der Waals surface area contributed by atoms with Crippen LogP contribution >= 0.6 is 23.1 Å². The molecule has 2 aromatic rings. The van der Waals surface area contributed by atoms with Gasteiger partial charge in [-0.1, -0.05) is 11.6 Å². The third kappa shape index (κ3) is 3.77. The van der Waals surface area contributed by atoms with E-state index >= 15 is 0 Å². The molecule has 0 fully saturated rings. The Morgan fingerprint density at radius 1 is 1.19 bits per heavy atom. The minimum absolute atomic E-state index is 0.0634. The first-order valence-electron chi connectivity index (χ1n) is 6.38. The Balaban J connectivity index is 2.36. The van der Waals surface area contributed by atoms with Crippen molar-refractivity contribution in [2.75, 3.05) is 19.5 Å². The summed E-state index contributed by atoms with van der Waals surface area (Å²) in [7, 11) is 3.12. The second kappa shape index (κ2) is 6.07. The van der Waals surface area contributed by atoms with E-state index in [1.54, 1.807) is 20.3 Å². The van der Waals surface area contributed by atoms with Crippen LogP contribution < -0.4 is 14.8 Å². The van der Waals surface area contributed by atoms with Gasteiger partial charge in [-0.2, -0.15) is 9.36 Å². The second-order valence-corrected chi connectivity index (χ2v) is 6.65. The summed E-state index contributed by atoms with van der Waals surface area (Å²) in [6, 6.07) is 3.58. The van der Waals surface area contributed by atoms with Gasteiger partial charge < -0.3 is 14.8 Å². The highest BCUT2D eigenvalue weighted by Crippen LogP contribution is 2.39. The van der Waals surface area contributed by atoms with Gasteiger partial charge in [0.1, 0.15) is 0 Å². The van der Waals surface area contributed by atoms with E-state index < -0.39 is 0 Å². The molecule has 0 unspecified atom stereocenters. The number of ether oxygens (including phenoxy) is 2.